The molecule has 0 radical (unpaired) electrons. The van der Waals surface area contributed by atoms with Crippen molar-refractivity contribution in [1.29, 1.82) is 0 Å². The molecule has 1 aromatic heterocycles. The van der Waals surface area contributed by atoms with Crippen LogP contribution in [0.15, 0.2) is 4.52 Å². The monoisotopic (exact) mass is 332 g/mol. The first kappa shape index (κ1) is 16.1. The highest BCUT2D eigenvalue weighted by Gasteiger charge is 2.49. The molecule has 6 heteroatoms. The van der Waals surface area contributed by atoms with Gasteiger partial charge in [-0.05, 0) is 45.6 Å². The molecule has 4 rings (SSSR count). The topological polar surface area (TPSA) is 62.5 Å². The molecule has 1 saturated carbocycles. The number of aromatic nitrogens is 2. The van der Waals surface area contributed by atoms with Gasteiger partial charge in [0, 0.05) is 19.1 Å². The molecule has 1 aromatic rings. The van der Waals surface area contributed by atoms with Gasteiger partial charge in [-0.15, -0.1) is 0 Å². The summed E-state index contributed by atoms with van der Waals surface area (Å²) in [7, 11) is 0. The first-order chi connectivity index (χ1) is 11.7. The fourth-order valence-corrected chi connectivity index (χ4v) is 4.91. The number of aryl methyl sites for hydroxylation is 1. The van der Waals surface area contributed by atoms with Crippen molar-refractivity contribution in [1.82, 2.24) is 19.9 Å². The van der Waals surface area contributed by atoms with Crippen molar-refractivity contribution in [3.63, 3.8) is 0 Å². The zero-order valence-corrected chi connectivity index (χ0v) is 14.7. The highest BCUT2D eigenvalue weighted by molar-refractivity contribution is 5.84. The number of hydrogen-bond acceptors (Lipinski definition) is 5. The van der Waals surface area contributed by atoms with Crippen LogP contribution >= 0.6 is 0 Å². The van der Waals surface area contributed by atoms with Crippen LogP contribution in [-0.4, -0.2) is 51.5 Å². The van der Waals surface area contributed by atoms with Gasteiger partial charge in [0.15, 0.2) is 5.82 Å². The number of nitrogens with zero attached hydrogens (tertiary/aromatic N) is 4. The van der Waals surface area contributed by atoms with Gasteiger partial charge in [0.25, 0.3) is 0 Å². The molecule has 132 valence electrons. The average Bonchev–Trinajstić information content (AvgIpc) is 3.19. The second kappa shape index (κ2) is 6.47. The Morgan fingerprint density at radius 3 is 2.75 bits per heavy atom. The van der Waals surface area contributed by atoms with Crippen LogP contribution in [0.25, 0.3) is 0 Å². The lowest BCUT2D eigenvalue weighted by molar-refractivity contribution is -0.149. The van der Waals surface area contributed by atoms with E-state index in [4.69, 9.17) is 4.52 Å². The quantitative estimate of drug-likeness (QED) is 0.851. The van der Waals surface area contributed by atoms with Crippen molar-refractivity contribution >= 4 is 5.91 Å². The van der Waals surface area contributed by atoms with Gasteiger partial charge < -0.3 is 9.42 Å². The molecular weight excluding hydrogens is 304 g/mol. The summed E-state index contributed by atoms with van der Waals surface area (Å²) in [6.07, 6.45) is 9.46. The summed E-state index contributed by atoms with van der Waals surface area (Å²) < 4.78 is 5.25. The summed E-state index contributed by atoms with van der Waals surface area (Å²) in [5.41, 5.74) is -0.162. The molecule has 0 N–H and O–H groups in total. The minimum Gasteiger partial charge on any atom is -0.339 e. The molecule has 24 heavy (non-hydrogen) atoms. The zero-order valence-electron chi connectivity index (χ0n) is 14.7. The second-order valence-corrected chi connectivity index (χ2v) is 7.87. The molecular formula is C18H28N4O2. The van der Waals surface area contributed by atoms with Crippen molar-refractivity contribution in [2.24, 2.45) is 5.41 Å². The van der Waals surface area contributed by atoms with Crippen molar-refractivity contribution in [2.45, 2.75) is 70.9 Å². The zero-order chi connectivity index (χ0) is 16.6. The van der Waals surface area contributed by atoms with E-state index in [1.165, 1.54) is 32.1 Å². The molecule has 0 unspecified atom stereocenters. The van der Waals surface area contributed by atoms with Gasteiger partial charge in [-0.2, -0.15) is 4.98 Å². The lowest BCUT2D eigenvalue weighted by Crippen LogP contribution is -2.54. The summed E-state index contributed by atoms with van der Waals surface area (Å²) in [5.74, 6) is 1.76. The van der Waals surface area contributed by atoms with E-state index in [2.05, 4.69) is 19.9 Å². The van der Waals surface area contributed by atoms with Crippen molar-refractivity contribution in [3.05, 3.63) is 11.7 Å². The highest BCUT2D eigenvalue weighted by atomic mass is 16.5. The fraction of sp³-hybridized carbons (Fsp3) is 0.833. The summed E-state index contributed by atoms with van der Waals surface area (Å²) >= 11 is 0. The Morgan fingerprint density at radius 1 is 1.17 bits per heavy atom. The molecule has 0 bridgehead atoms. The number of carbonyl (C=O) groups excluding carboxylic acids is 1. The van der Waals surface area contributed by atoms with Crippen LogP contribution in [0.4, 0.5) is 0 Å². The molecule has 1 spiro atoms. The van der Waals surface area contributed by atoms with Crippen LogP contribution in [0.2, 0.25) is 0 Å². The maximum Gasteiger partial charge on any atom is 0.240 e. The van der Waals surface area contributed by atoms with Crippen molar-refractivity contribution in [2.75, 3.05) is 19.6 Å². The van der Waals surface area contributed by atoms with E-state index in [1.54, 1.807) is 0 Å². The molecule has 0 aromatic carbocycles. The first-order valence-electron chi connectivity index (χ1n) is 9.49. The third-order valence-corrected chi connectivity index (χ3v) is 6.15. The van der Waals surface area contributed by atoms with E-state index in [0.717, 1.165) is 38.9 Å². The van der Waals surface area contributed by atoms with Gasteiger partial charge in [-0.1, -0.05) is 24.4 Å². The number of rotatable bonds is 3. The number of piperidine rings is 1. The standard InChI is InChI=1S/C18H28N4O2/c1-14-19-16(24-20-14)12-21-11-9-18(13-21)8-5-10-22(17(18)23)15-6-3-2-4-7-15/h15H,2-13H2,1H3/t18-/m1/s1. The second-order valence-electron chi connectivity index (χ2n) is 7.87. The van der Waals surface area contributed by atoms with Crippen LogP contribution < -0.4 is 0 Å². The number of likely N-dealkylation sites (tertiary alicyclic amines) is 2. The molecule has 3 fully saturated rings. The van der Waals surface area contributed by atoms with Gasteiger partial charge >= 0.3 is 0 Å². The fourth-order valence-electron chi connectivity index (χ4n) is 4.91. The van der Waals surface area contributed by atoms with E-state index in [9.17, 15) is 4.79 Å². The number of hydrogen-bond donors (Lipinski definition) is 0. The van der Waals surface area contributed by atoms with Gasteiger partial charge in [-0.3, -0.25) is 9.69 Å². The normalized spacial score (nSPS) is 29.7. The van der Waals surface area contributed by atoms with Gasteiger partial charge in [0.1, 0.15) is 0 Å². The van der Waals surface area contributed by atoms with Crippen LogP contribution in [0.5, 0.6) is 0 Å². The van der Waals surface area contributed by atoms with E-state index in [0.29, 0.717) is 30.2 Å². The molecule has 1 amide bonds. The number of amides is 1. The molecule has 1 aliphatic carbocycles. The molecule has 1 atom stereocenters. The largest absolute Gasteiger partial charge is 0.339 e. The summed E-state index contributed by atoms with van der Waals surface area (Å²) in [5, 5.41) is 3.86. The van der Waals surface area contributed by atoms with Gasteiger partial charge in [0.05, 0.1) is 12.0 Å². The predicted octanol–water partition coefficient (Wildman–Crippen LogP) is 2.53. The maximum atomic E-state index is 13.3. The van der Waals surface area contributed by atoms with Crippen LogP contribution in [0.1, 0.15) is 63.1 Å². The Kier molecular flexibility index (Phi) is 4.33. The lowest BCUT2D eigenvalue weighted by atomic mass is 9.77. The molecule has 3 heterocycles. The SMILES string of the molecule is Cc1noc(CN2CC[C@]3(CCCN(C4CCCCC4)C3=O)C2)n1. The van der Waals surface area contributed by atoms with E-state index < -0.39 is 0 Å². The van der Waals surface area contributed by atoms with Crippen LogP contribution in [0.3, 0.4) is 0 Å². The average molecular weight is 332 g/mol. The van der Waals surface area contributed by atoms with Crippen molar-refractivity contribution in [3.8, 4) is 0 Å². The highest BCUT2D eigenvalue weighted by Crippen LogP contribution is 2.42. The third kappa shape index (κ3) is 2.96. The Balaban J connectivity index is 1.43. The minimum atomic E-state index is -0.162. The Bertz CT molecular complexity index is 596. The van der Waals surface area contributed by atoms with E-state index >= 15 is 0 Å². The molecule has 3 aliphatic rings. The summed E-state index contributed by atoms with van der Waals surface area (Å²) in [6, 6.07) is 0.496. The smallest absolute Gasteiger partial charge is 0.240 e. The Hall–Kier alpha value is -1.43. The molecule has 2 aliphatic heterocycles. The molecule has 6 nitrogen and oxygen atoms in total. The molecule has 2 saturated heterocycles. The van der Waals surface area contributed by atoms with Gasteiger partial charge in [0.2, 0.25) is 11.8 Å². The minimum absolute atomic E-state index is 0.162. The Labute approximate surface area is 143 Å². The Morgan fingerprint density at radius 2 is 2.00 bits per heavy atom. The van der Waals surface area contributed by atoms with Crippen LogP contribution in [0, 0.1) is 12.3 Å². The first-order valence-corrected chi connectivity index (χ1v) is 9.49. The van der Waals surface area contributed by atoms with Crippen molar-refractivity contribution < 1.29 is 9.32 Å². The van der Waals surface area contributed by atoms with E-state index in [1.807, 2.05) is 6.92 Å². The van der Waals surface area contributed by atoms with Crippen LogP contribution in [-0.2, 0) is 11.3 Å². The van der Waals surface area contributed by atoms with E-state index in [-0.39, 0.29) is 5.41 Å². The third-order valence-electron chi connectivity index (χ3n) is 6.15. The predicted molar refractivity (Wildman–Crippen MR) is 89.2 cm³/mol. The maximum absolute atomic E-state index is 13.3. The number of carbonyl (C=O) groups is 1. The van der Waals surface area contributed by atoms with Gasteiger partial charge in [-0.25, -0.2) is 0 Å². The summed E-state index contributed by atoms with van der Waals surface area (Å²) in [4.78, 5) is 22.2. The summed E-state index contributed by atoms with van der Waals surface area (Å²) in [6.45, 7) is 5.26. The lowest BCUT2D eigenvalue weighted by Gasteiger charge is -2.44.